The number of amidine groups is 1. The lowest BCUT2D eigenvalue weighted by molar-refractivity contribution is -0.141. The van der Waals surface area contributed by atoms with Crippen LogP contribution in [0.15, 0.2) is 5.10 Å². The number of carbonyl (C=O) groups is 2. The highest BCUT2D eigenvalue weighted by Gasteiger charge is 2.10. The maximum absolute atomic E-state index is 11.0. The molecule has 0 spiro atoms. The van der Waals surface area contributed by atoms with Crippen molar-refractivity contribution in [3.63, 3.8) is 0 Å². The van der Waals surface area contributed by atoms with Crippen LogP contribution in [0.25, 0.3) is 0 Å². The Bertz CT molecular complexity index is 415. The Kier molecular flexibility index (Phi) is 6.18. The van der Waals surface area contributed by atoms with Gasteiger partial charge in [0.1, 0.15) is 18.0 Å². The Balaban J connectivity index is 4.15. The van der Waals surface area contributed by atoms with Crippen molar-refractivity contribution in [3.05, 3.63) is 0 Å². The average Bonchev–Trinajstić information content (AvgIpc) is 2.12. The molecule has 17 heavy (non-hydrogen) atoms. The zero-order valence-corrected chi connectivity index (χ0v) is 10.4. The lowest BCUT2D eigenvalue weighted by Crippen LogP contribution is -2.29. The maximum atomic E-state index is 11.0. The van der Waals surface area contributed by atoms with Crippen molar-refractivity contribution < 1.29 is 22.7 Å². The van der Waals surface area contributed by atoms with Crippen LogP contribution < -0.4 is 11.2 Å². The summed E-state index contributed by atoms with van der Waals surface area (Å²) < 4.78 is 26.1. The Labute approximate surface area is 99.1 Å². The van der Waals surface area contributed by atoms with E-state index in [4.69, 9.17) is 5.73 Å². The van der Waals surface area contributed by atoms with Crippen LogP contribution in [-0.4, -0.2) is 44.7 Å². The van der Waals surface area contributed by atoms with Gasteiger partial charge in [0.05, 0.1) is 6.61 Å². The number of ether oxygens (including phenoxy) is 1. The number of nitrogens with two attached hydrogens (primary N) is 1. The number of rotatable bonds is 6. The molecule has 0 atom stereocenters. The molecule has 0 saturated carbocycles. The molecular formula is C8H15N3O5S. The van der Waals surface area contributed by atoms with Crippen LogP contribution in [0.4, 0.5) is 0 Å². The average molecular weight is 265 g/mol. The van der Waals surface area contributed by atoms with Crippen molar-refractivity contribution in [2.24, 2.45) is 10.8 Å². The smallest absolute Gasteiger partial charge is 0.313 e. The minimum atomic E-state index is -3.42. The number of carbonyl (C=O) groups excluding carboxylic acids is 2. The van der Waals surface area contributed by atoms with Gasteiger partial charge in [-0.3, -0.25) is 9.59 Å². The first-order chi connectivity index (χ1) is 7.74. The van der Waals surface area contributed by atoms with Gasteiger partial charge in [0.15, 0.2) is 9.84 Å². The van der Waals surface area contributed by atoms with Gasteiger partial charge in [-0.05, 0) is 6.92 Å². The molecule has 0 aromatic carbocycles. The van der Waals surface area contributed by atoms with Crippen LogP contribution in [0.5, 0.6) is 0 Å². The number of amides is 1. The minimum absolute atomic E-state index is 0.162. The van der Waals surface area contributed by atoms with Gasteiger partial charge in [0, 0.05) is 6.26 Å². The number of hydrogen-bond donors (Lipinski definition) is 2. The van der Waals surface area contributed by atoms with E-state index in [0.29, 0.717) is 0 Å². The second kappa shape index (κ2) is 6.84. The summed E-state index contributed by atoms with van der Waals surface area (Å²) in [5.74, 6) is -2.25. The van der Waals surface area contributed by atoms with E-state index in [1.807, 2.05) is 5.43 Å². The fourth-order valence-corrected chi connectivity index (χ4v) is 1.34. The summed E-state index contributed by atoms with van der Waals surface area (Å²) in [6.45, 7) is 1.85. The molecule has 0 radical (unpaired) electrons. The number of sulfone groups is 1. The normalized spacial score (nSPS) is 12.0. The van der Waals surface area contributed by atoms with E-state index in [2.05, 4.69) is 9.84 Å². The first-order valence-corrected chi connectivity index (χ1v) is 6.75. The molecule has 0 aliphatic carbocycles. The molecule has 0 heterocycles. The van der Waals surface area contributed by atoms with E-state index in [0.717, 1.165) is 6.26 Å². The fourth-order valence-electron chi connectivity index (χ4n) is 0.804. The van der Waals surface area contributed by atoms with Crippen molar-refractivity contribution in [3.8, 4) is 0 Å². The first-order valence-electron chi connectivity index (χ1n) is 4.68. The van der Waals surface area contributed by atoms with Gasteiger partial charge in [-0.2, -0.15) is 5.10 Å². The van der Waals surface area contributed by atoms with E-state index >= 15 is 0 Å². The monoisotopic (exact) mass is 265 g/mol. The number of nitrogens with zero attached hydrogens (tertiary/aromatic N) is 1. The van der Waals surface area contributed by atoms with E-state index in [1.54, 1.807) is 6.92 Å². The highest BCUT2D eigenvalue weighted by Crippen LogP contribution is 1.87. The summed E-state index contributed by atoms with van der Waals surface area (Å²) in [5.41, 5.74) is 7.23. The number of esters is 1. The van der Waals surface area contributed by atoms with Crippen LogP contribution in [0.2, 0.25) is 0 Å². The van der Waals surface area contributed by atoms with Gasteiger partial charge in [0.2, 0.25) is 0 Å². The summed E-state index contributed by atoms with van der Waals surface area (Å²) in [5, 5.41) is 3.36. The molecule has 3 N–H and O–H groups in total. The zero-order chi connectivity index (χ0) is 13.5. The summed E-state index contributed by atoms with van der Waals surface area (Å²) in [6, 6.07) is 0. The molecule has 0 saturated heterocycles. The quantitative estimate of drug-likeness (QED) is 0.257. The number of nitrogens with one attached hydrogen (secondary N) is 1. The third kappa shape index (κ3) is 9.30. The van der Waals surface area contributed by atoms with Crippen molar-refractivity contribution in [2.75, 3.05) is 18.6 Å². The van der Waals surface area contributed by atoms with Crippen LogP contribution in [-0.2, 0) is 24.2 Å². The highest BCUT2D eigenvalue weighted by atomic mass is 32.2. The molecule has 0 aliphatic rings. The third-order valence-electron chi connectivity index (χ3n) is 1.35. The molecule has 0 aromatic heterocycles. The third-order valence-corrected chi connectivity index (χ3v) is 2.13. The zero-order valence-electron chi connectivity index (χ0n) is 9.60. The van der Waals surface area contributed by atoms with E-state index in [-0.39, 0.29) is 18.9 Å². The Hall–Kier alpha value is -1.64. The molecule has 0 aliphatic heterocycles. The summed E-state index contributed by atoms with van der Waals surface area (Å²) in [7, 11) is -3.42. The van der Waals surface area contributed by atoms with Gasteiger partial charge in [0.25, 0.3) is 5.91 Å². The molecule has 0 unspecified atom stereocenters. The summed E-state index contributed by atoms with van der Waals surface area (Å²) in [4.78, 5) is 21.9. The number of hydrazone groups is 1. The Morgan fingerprint density at radius 2 is 2.00 bits per heavy atom. The van der Waals surface area contributed by atoms with Crippen molar-refractivity contribution in [2.45, 2.75) is 13.3 Å². The highest BCUT2D eigenvalue weighted by molar-refractivity contribution is 7.91. The van der Waals surface area contributed by atoms with Gasteiger partial charge in [-0.1, -0.05) is 0 Å². The molecule has 1 amide bonds. The van der Waals surface area contributed by atoms with E-state index in [9.17, 15) is 18.0 Å². The predicted octanol–water partition coefficient (Wildman–Crippen LogP) is -1.63. The predicted molar refractivity (Wildman–Crippen MR) is 60.7 cm³/mol. The van der Waals surface area contributed by atoms with Crippen LogP contribution >= 0.6 is 0 Å². The first kappa shape index (κ1) is 15.4. The fraction of sp³-hybridized carbons (Fsp3) is 0.625. The second-order valence-corrected chi connectivity index (χ2v) is 5.33. The molecule has 0 aromatic rings. The van der Waals surface area contributed by atoms with Crippen molar-refractivity contribution >= 4 is 27.5 Å². The van der Waals surface area contributed by atoms with E-state index in [1.165, 1.54) is 0 Å². The molecule has 0 fully saturated rings. The van der Waals surface area contributed by atoms with Crippen LogP contribution in [0.3, 0.4) is 0 Å². The van der Waals surface area contributed by atoms with Crippen LogP contribution in [0, 0.1) is 0 Å². The summed E-state index contributed by atoms with van der Waals surface area (Å²) >= 11 is 0. The molecular weight excluding hydrogens is 250 g/mol. The Morgan fingerprint density at radius 1 is 1.41 bits per heavy atom. The maximum Gasteiger partial charge on any atom is 0.313 e. The van der Waals surface area contributed by atoms with E-state index < -0.39 is 27.5 Å². The largest absolute Gasteiger partial charge is 0.466 e. The van der Waals surface area contributed by atoms with Gasteiger partial charge < -0.3 is 10.5 Å². The SMILES string of the molecule is CCOC(=O)C/C(N)=N/NC(=O)CS(C)(=O)=O. The van der Waals surface area contributed by atoms with Crippen LogP contribution in [0.1, 0.15) is 13.3 Å². The topological polar surface area (TPSA) is 128 Å². The number of hydrogen-bond acceptors (Lipinski definition) is 6. The second-order valence-electron chi connectivity index (χ2n) is 3.19. The standard InChI is InChI=1S/C8H15N3O5S/c1-3-16-8(13)4-6(9)10-11-7(12)5-17(2,14)15/h3-5H2,1-2H3,(H2,9,10)(H,11,12). The molecule has 0 bridgehead atoms. The van der Waals surface area contributed by atoms with Gasteiger partial charge >= 0.3 is 5.97 Å². The van der Waals surface area contributed by atoms with Crippen molar-refractivity contribution in [1.82, 2.24) is 5.43 Å². The lowest BCUT2D eigenvalue weighted by atomic mass is 10.4. The molecule has 98 valence electrons. The molecule has 9 heteroatoms. The Morgan fingerprint density at radius 3 is 2.47 bits per heavy atom. The van der Waals surface area contributed by atoms with Crippen molar-refractivity contribution in [1.29, 1.82) is 0 Å². The van der Waals surface area contributed by atoms with Gasteiger partial charge in [-0.15, -0.1) is 0 Å². The molecule has 0 rings (SSSR count). The summed E-state index contributed by atoms with van der Waals surface area (Å²) in [6.07, 6.45) is 0.644. The van der Waals surface area contributed by atoms with Gasteiger partial charge in [-0.25, -0.2) is 13.8 Å². The minimum Gasteiger partial charge on any atom is -0.466 e. The lowest BCUT2D eigenvalue weighted by Gasteiger charge is -2.02. The molecule has 8 nitrogen and oxygen atoms in total.